The zero-order valence-corrected chi connectivity index (χ0v) is 11.3. The van der Waals surface area contributed by atoms with Gasteiger partial charge < -0.3 is 4.74 Å². The van der Waals surface area contributed by atoms with E-state index in [0.717, 1.165) is 18.2 Å². The van der Waals surface area contributed by atoms with Crippen LogP contribution in [0.5, 0.6) is 5.75 Å². The fourth-order valence-corrected chi connectivity index (χ4v) is 1.93. The zero-order chi connectivity index (χ0) is 14.7. The average Bonchev–Trinajstić information content (AvgIpc) is 2.32. The van der Waals surface area contributed by atoms with Gasteiger partial charge in [-0.25, -0.2) is 13.6 Å². The van der Waals surface area contributed by atoms with Crippen LogP contribution in [0.25, 0.3) is 0 Å². The maximum absolute atomic E-state index is 13.3. The molecule has 0 saturated heterocycles. The largest absolute Gasteiger partial charge is 0.417 e. The van der Waals surface area contributed by atoms with Gasteiger partial charge in [0.05, 0.1) is 5.69 Å². The Morgan fingerprint density at radius 3 is 2.35 bits per heavy atom. The van der Waals surface area contributed by atoms with Crippen molar-refractivity contribution in [1.82, 2.24) is 0 Å². The number of nitrogens with one attached hydrogen (secondary N) is 1. The molecule has 2 aromatic carbocycles. The van der Waals surface area contributed by atoms with Crippen LogP contribution in [0.15, 0.2) is 36.4 Å². The van der Waals surface area contributed by atoms with Crippen LogP contribution < -0.4 is 10.1 Å². The van der Waals surface area contributed by atoms with Crippen molar-refractivity contribution in [3.63, 3.8) is 0 Å². The van der Waals surface area contributed by atoms with Crippen molar-refractivity contribution >= 4 is 35.0 Å². The third-order valence-corrected chi connectivity index (χ3v) is 2.65. The van der Waals surface area contributed by atoms with Gasteiger partial charge in [-0.2, -0.15) is 0 Å². The van der Waals surface area contributed by atoms with E-state index in [1.165, 1.54) is 18.2 Å². The summed E-state index contributed by atoms with van der Waals surface area (Å²) >= 11 is 11.5. The number of carbonyl (C=O) groups is 1. The van der Waals surface area contributed by atoms with Crippen molar-refractivity contribution in [2.24, 2.45) is 0 Å². The molecular formula is C13H7Cl2F2NO2. The molecule has 3 nitrogen and oxygen atoms in total. The molecular weight excluding hydrogens is 311 g/mol. The summed E-state index contributed by atoms with van der Waals surface area (Å²) in [5.74, 6) is -1.39. The van der Waals surface area contributed by atoms with Crippen molar-refractivity contribution in [3.8, 4) is 5.75 Å². The molecule has 0 aliphatic carbocycles. The predicted molar refractivity (Wildman–Crippen MR) is 72.5 cm³/mol. The van der Waals surface area contributed by atoms with Gasteiger partial charge in [0.25, 0.3) is 0 Å². The number of hydrogen-bond donors (Lipinski definition) is 1. The number of anilines is 1. The number of carbonyl (C=O) groups excluding carboxylic acids is 1. The van der Waals surface area contributed by atoms with Crippen LogP contribution >= 0.6 is 23.2 Å². The first-order valence-corrected chi connectivity index (χ1v) is 6.09. The number of halogens is 4. The summed E-state index contributed by atoms with van der Waals surface area (Å²) in [4.78, 5) is 11.6. The fraction of sp³-hybridized carbons (Fsp3) is 0. The highest BCUT2D eigenvalue weighted by molar-refractivity contribution is 6.34. The standard InChI is InChI=1S/C13H7Cl2F2NO2/c14-7-3-8(15)5-10(4-7)20-13(19)18-12-6-9(16)1-2-11(12)17/h1-6H,(H,18,19). The van der Waals surface area contributed by atoms with Gasteiger partial charge >= 0.3 is 6.09 Å². The van der Waals surface area contributed by atoms with E-state index in [2.05, 4.69) is 5.32 Å². The van der Waals surface area contributed by atoms with E-state index in [9.17, 15) is 13.6 Å². The molecule has 0 radical (unpaired) electrons. The lowest BCUT2D eigenvalue weighted by molar-refractivity contribution is 0.215. The normalized spacial score (nSPS) is 10.2. The molecule has 0 atom stereocenters. The first-order valence-electron chi connectivity index (χ1n) is 5.34. The molecule has 7 heteroatoms. The Morgan fingerprint density at radius 1 is 1.05 bits per heavy atom. The van der Waals surface area contributed by atoms with Crippen LogP contribution in [0.2, 0.25) is 10.0 Å². The van der Waals surface area contributed by atoms with Crippen molar-refractivity contribution < 1.29 is 18.3 Å². The molecule has 2 aromatic rings. The summed E-state index contributed by atoms with van der Waals surface area (Å²) in [6.07, 6.45) is -0.993. The van der Waals surface area contributed by atoms with Crippen molar-refractivity contribution in [2.75, 3.05) is 5.32 Å². The van der Waals surface area contributed by atoms with Gasteiger partial charge in [0.2, 0.25) is 0 Å². The third-order valence-electron chi connectivity index (χ3n) is 2.21. The van der Waals surface area contributed by atoms with E-state index < -0.39 is 17.7 Å². The minimum Gasteiger partial charge on any atom is -0.410 e. The summed E-state index contributed by atoms with van der Waals surface area (Å²) in [6, 6.07) is 6.83. The minimum absolute atomic E-state index is 0.0804. The molecule has 0 fully saturated rings. The Labute approximate surface area is 123 Å². The monoisotopic (exact) mass is 317 g/mol. The topological polar surface area (TPSA) is 38.3 Å². The fourth-order valence-electron chi connectivity index (χ4n) is 1.42. The maximum Gasteiger partial charge on any atom is 0.417 e. The van der Waals surface area contributed by atoms with Gasteiger partial charge in [-0.3, -0.25) is 5.32 Å². The number of benzene rings is 2. The first-order chi connectivity index (χ1) is 9.44. The molecule has 104 valence electrons. The lowest BCUT2D eigenvalue weighted by Gasteiger charge is -2.08. The average molecular weight is 318 g/mol. The van der Waals surface area contributed by atoms with E-state index in [4.69, 9.17) is 27.9 Å². The lowest BCUT2D eigenvalue weighted by Crippen LogP contribution is -2.17. The highest BCUT2D eigenvalue weighted by Gasteiger charge is 2.10. The molecule has 0 bridgehead atoms. The number of amides is 1. The zero-order valence-electron chi connectivity index (χ0n) is 9.79. The molecule has 0 aromatic heterocycles. The van der Waals surface area contributed by atoms with Crippen LogP contribution in [-0.2, 0) is 0 Å². The van der Waals surface area contributed by atoms with Crippen LogP contribution in [0, 0.1) is 11.6 Å². The summed E-state index contributed by atoms with van der Waals surface area (Å²) < 4.78 is 31.1. The Hall–Kier alpha value is -1.85. The minimum atomic E-state index is -0.993. The molecule has 1 amide bonds. The molecule has 2 rings (SSSR count). The molecule has 0 spiro atoms. The molecule has 0 unspecified atom stereocenters. The second-order valence-corrected chi connectivity index (χ2v) is 4.62. The van der Waals surface area contributed by atoms with E-state index >= 15 is 0 Å². The van der Waals surface area contributed by atoms with E-state index in [0.29, 0.717) is 0 Å². The van der Waals surface area contributed by atoms with Gasteiger partial charge in [0, 0.05) is 16.1 Å². The van der Waals surface area contributed by atoms with Crippen LogP contribution in [0.4, 0.5) is 19.3 Å². The van der Waals surface area contributed by atoms with Crippen LogP contribution in [0.1, 0.15) is 0 Å². The number of rotatable bonds is 2. The van der Waals surface area contributed by atoms with Gasteiger partial charge in [0.15, 0.2) is 0 Å². The highest BCUT2D eigenvalue weighted by atomic mass is 35.5. The lowest BCUT2D eigenvalue weighted by atomic mass is 10.3. The third kappa shape index (κ3) is 3.82. The van der Waals surface area contributed by atoms with Gasteiger partial charge in [-0.15, -0.1) is 0 Å². The van der Waals surface area contributed by atoms with Crippen molar-refractivity contribution in [1.29, 1.82) is 0 Å². The summed E-state index contributed by atoms with van der Waals surface area (Å²) in [6.45, 7) is 0. The molecule has 0 aliphatic rings. The van der Waals surface area contributed by atoms with Crippen LogP contribution in [-0.4, -0.2) is 6.09 Å². The summed E-state index contributed by atoms with van der Waals surface area (Å²) in [5, 5.41) is 2.63. The number of ether oxygens (including phenoxy) is 1. The Bertz CT molecular complexity index is 645. The predicted octanol–water partition coefficient (Wildman–Crippen LogP) is 4.88. The molecule has 0 aliphatic heterocycles. The summed E-state index contributed by atoms with van der Waals surface area (Å²) in [7, 11) is 0. The SMILES string of the molecule is O=C(Nc1cc(F)ccc1F)Oc1cc(Cl)cc(Cl)c1. The van der Waals surface area contributed by atoms with E-state index in [1.54, 1.807) is 0 Å². The summed E-state index contributed by atoms with van der Waals surface area (Å²) in [5.41, 5.74) is -0.330. The molecule has 1 N–H and O–H groups in total. The highest BCUT2D eigenvalue weighted by Crippen LogP contribution is 2.24. The molecule has 20 heavy (non-hydrogen) atoms. The van der Waals surface area contributed by atoms with Gasteiger partial charge in [0.1, 0.15) is 17.4 Å². The second kappa shape index (κ2) is 6.07. The smallest absolute Gasteiger partial charge is 0.410 e. The maximum atomic E-state index is 13.3. The Balaban J connectivity index is 2.11. The first kappa shape index (κ1) is 14.6. The molecule has 0 saturated carbocycles. The van der Waals surface area contributed by atoms with Crippen molar-refractivity contribution in [3.05, 3.63) is 58.1 Å². The molecule has 0 heterocycles. The Morgan fingerprint density at radius 2 is 1.70 bits per heavy atom. The van der Waals surface area contributed by atoms with Crippen molar-refractivity contribution in [2.45, 2.75) is 0 Å². The van der Waals surface area contributed by atoms with Crippen LogP contribution in [0.3, 0.4) is 0 Å². The second-order valence-electron chi connectivity index (χ2n) is 3.74. The Kier molecular flexibility index (Phi) is 4.42. The van der Waals surface area contributed by atoms with Gasteiger partial charge in [-0.05, 0) is 30.3 Å². The quantitative estimate of drug-likeness (QED) is 0.857. The van der Waals surface area contributed by atoms with Gasteiger partial charge in [-0.1, -0.05) is 23.2 Å². The van der Waals surface area contributed by atoms with E-state index in [1.807, 2.05) is 0 Å². The number of hydrogen-bond acceptors (Lipinski definition) is 2. The van der Waals surface area contributed by atoms with E-state index in [-0.39, 0.29) is 21.5 Å².